The van der Waals surface area contributed by atoms with Gasteiger partial charge in [0.1, 0.15) is 5.75 Å². The first kappa shape index (κ1) is 18.4. The van der Waals surface area contributed by atoms with E-state index >= 15 is 0 Å². The lowest BCUT2D eigenvalue weighted by Gasteiger charge is -2.18. The molecule has 0 bridgehead atoms. The van der Waals surface area contributed by atoms with E-state index in [-0.39, 0.29) is 24.8 Å². The Morgan fingerprint density at radius 3 is 3.03 bits per heavy atom. The first-order chi connectivity index (χ1) is 14.6. The van der Waals surface area contributed by atoms with Gasteiger partial charge in [0.25, 0.3) is 5.91 Å². The third kappa shape index (κ3) is 3.42. The molecule has 3 heterocycles. The van der Waals surface area contributed by atoms with E-state index in [9.17, 15) is 9.59 Å². The van der Waals surface area contributed by atoms with Gasteiger partial charge >= 0.3 is 0 Å². The van der Waals surface area contributed by atoms with Crippen molar-refractivity contribution in [2.24, 2.45) is 0 Å². The molecule has 1 aliphatic rings. The maximum Gasteiger partial charge on any atom is 0.262 e. The number of nitrogens with one attached hydrogen (secondary N) is 3. The van der Waals surface area contributed by atoms with E-state index in [0.29, 0.717) is 16.6 Å². The molecule has 0 spiro atoms. The van der Waals surface area contributed by atoms with E-state index in [1.54, 1.807) is 0 Å². The van der Waals surface area contributed by atoms with Gasteiger partial charge in [0.15, 0.2) is 11.7 Å². The molecule has 7 nitrogen and oxygen atoms in total. The van der Waals surface area contributed by atoms with Crippen LogP contribution in [0.2, 0.25) is 0 Å². The van der Waals surface area contributed by atoms with Crippen molar-refractivity contribution in [3.63, 3.8) is 0 Å². The van der Waals surface area contributed by atoms with E-state index in [1.807, 2.05) is 55.6 Å². The highest BCUT2D eigenvalue weighted by atomic mass is 32.1. The molecule has 8 heteroatoms. The summed E-state index contributed by atoms with van der Waals surface area (Å²) in [6.07, 6.45) is 2.13. The molecule has 2 aromatic carbocycles. The zero-order chi connectivity index (χ0) is 20.7. The molecule has 1 aliphatic heterocycles. The smallest absolute Gasteiger partial charge is 0.262 e. The number of H-pyrrole nitrogens is 1. The highest BCUT2D eigenvalue weighted by Gasteiger charge is 2.19. The summed E-state index contributed by atoms with van der Waals surface area (Å²) in [5, 5.41) is 7.30. The molecule has 0 fully saturated rings. The number of para-hydroxylation sites is 1. The number of rotatable bonds is 4. The van der Waals surface area contributed by atoms with Crippen molar-refractivity contribution in [1.82, 2.24) is 9.97 Å². The Morgan fingerprint density at radius 2 is 2.13 bits per heavy atom. The third-order valence-electron chi connectivity index (χ3n) is 4.95. The molecular weight excluding hydrogens is 400 g/mol. The zero-order valence-corrected chi connectivity index (χ0v) is 16.9. The maximum absolute atomic E-state index is 12.6. The summed E-state index contributed by atoms with van der Waals surface area (Å²) in [6.45, 7) is 1.98. The number of thiazole rings is 1. The van der Waals surface area contributed by atoms with E-state index in [2.05, 4.69) is 20.6 Å². The number of aryl methyl sites for hydroxylation is 1. The number of carbonyl (C=O) groups is 2. The number of benzene rings is 2. The molecule has 2 aromatic heterocycles. The molecule has 3 N–H and O–H groups in total. The summed E-state index contributed by atoms with van der Waals surface area (Å²) in [6, 6.07) is 13.5. The number of aromatic nitrogens is 2. The van der Waals surface area contributed by atoms with Gasteiger partial charge in [-0.15, -0.1) is 11.3 Å². The minimum atomic E-state index is -0.181. The minimum absolute atomic E-state index is 0.0225. The van der Waals surface area contributed by atoms with Crippen LogP contribution >= 0.6 is 11.3 Å². The Hall–Kier alpha value is -3.65. The largest absolute Gasteiger partial charge is 0.482 e. The molecule has 0 unspecified atom stereocenters. The van der Waals surface area contributed by atoms with E-state index in [0.717, 1.165) is 32.6 Å². The first-order valence-corrected chi connectivity index (χ1v) is 10.3. The number of fused-ring (bicyclic) bond motifs is 2. The molecule has 0 aliphatic carbocycles. The van der Waals surface area contributed by atoms with Gasteiger partial charge in [-0.05, 0) is 36.8 Å². The fraction of sp³-hybridized carbons (Fsp3) is 0.136. The van der Waals surface area contributed by atoms with Crippen LogP contribution in [0.5, 0.6) is 5.75 Å². The summed E-state index contributed by atoms with van der Waals surface area (Å²) < 4.78 is 5.41. The fourth-order valence-corrected chi connectivity index (χ4v) is 4.41. The molecule has 150 valence electrons. The van der Waals surface area contributed by atoms with Crippen molar-refractivity contribution in [3.8, 4) is 17.0 Å². The van der Waals surface area contributed by atoms with Crippen LogP contribution in [0.25, 0.3) is 22.2 Å². The van der Waals surface area contributed by atoms with Gasteiger partial charge in [-0.3, -0.25) is 9.59 Å². The number of hydrogen-bond acceptors (Lipinski definition) is 5. The molecule has 30 heavy (non-hydrogen) atoms. The predicted octanol–water partition coefficient (Wildman–Crippen LogP) is 4.11. The minimum Gasteiger partial charge on any atom is -0.482 e. The molecule has 5 rings (SSSR count). The molecule has 2 amide bonds. The standard InChI is InChI=1S/C22H18N4O3S/c1-12-21(13-6-7-18-17(8-13)24-20(28)11-29-18)26-22(30-12)25-19(27)9-14-10-23-16-5-3-2-4-15(14)16/h2-8,10,23H,9,11H2,1H3,(H,24,28)(H,25,26,27). The van der Waals surface area contributed by atoms with Crippen molar-refractivity contribution in [1.29, 1.82) is 0 Å². The van der Waals surface area contributed by atoms with E-state index in [4.69, 9.17) is 4.74 Å². The number of amides is 2. The Labute approximate surface area is 176 Å². The topological polar surface area (TPSA) is 96.1 Å². The SMILES string of the molecule is Cc1sc(NC(=O)Cc2c[nH]c3ccccc23)nc1-c1ccc2c(c1)NC(=O)CO2. The van der Waals surface area contributed by atoms with Crippen LogP contribution in [0.15, 0.2) is 48.7 Å². The molecule has 4 aromatic rings. The van der Waals surface area contributed by atoms with Gasteiger partial charge in [0, 0.05) is 27.5 Å². The molecule has 0 atom stereocenters. The van der Waals surface area contributed by atoms with Crippen molar-refractivity contribution in [2.45, 2.75) is 13.3 Å². The highest BCUT2D eigenvalue weighted by Crippen LogP contribution is 2.36. The number of anilines is 2. The summed E-state index contributed by atoms with van der Waals surface area (Å²) >= 11 is 1.42. The zero-order valence-electron chi connectivity index (χ0n) is 16.1. The van der Waals surface area contributed by atoms with Gasteiger partial charge in [0.05, 0.1) is 17.8 Å². The van der Waals surface area contributed by atoms with Gasteiger partial charge in [-0.25, -0.2) is 4.98 Å². The average molecular weight is 418 g/mol. The highest BCUT2D eigenvalue weighted by molar-refractivity contribution is 7.16. The van der Waals surface area contributed by atoms with Crippen LogP contribution in [-0.4, -0.2) is 28.4 Å². The quantitative estimate of drug-likeness (QED) is 0.465. The monoisotopic (exact) mass is 418 g/mol. The van der Waals surface area contributed by atoms with Gasteiger partial charge in [-0.2, -0.15) is 0 Å². The Morgan fingerprint density at radius 1 is 1.27 bits per heavy atom. The molecular formula is C22H18N4O3S. The fourth-order valence-electron chi connectivity index (χ4n) is 3.56. The Balaban J connectivity index is 1.35. The van der Waals surface area contributed by atoms with Gasteiger partial charge < -0.3 is 20.4 Å². The number of ether oxygens (including phenoxy) is 1. The number of carbonyl (C=O) groups excluding carboxylic acids is 2. The molecule has 0 radical (unpaired) electrons. The summed E-state index contributed by atoms with van der Waals surface area (Å²) in [7, 11) is 0. The second-order valence-electron chi connectivity index (χ2n) is 7.06. The van der Waals surface area contributed by atoms with Crippen LogP contribution in [0, 0.1) is 6.92 Å². The lowest BCUT2D eigenvalue weighted by molar-refractivity contribution is -0.118. The van der Waals surface area contributed by atoms with Crippen LogP contribution in [0.3, 0.4) is 0 Å². The third-order valence-corrected chi connectivity index (χ3v) is 5.84. The average Bonchev–Trinajstić information content (AvgIpc) is 3.30. The van der Waals surface area contributed by atoms with E-state index in [1.165, 1.54) is 11.3 Å². The molecule has 0 saturated carbocycles. The van der Waals surface area contributed by atoms with E-state index < -0.39 is 0 Å². The van der Waals surface area contributed by atoms with Crippen LogP contribution in [0.4, 0.5) is 10.8 Å². The number of hydrogen-bond donors (Lipinski definition) is 3. The second kappa shape index (κ2) is 7.31. The molecule has 0 saturated heterocycles. The van der Waals surface area contributed by atoms with Crippen LogP contribution < -0.4 is 15.4 Å². The predicted molar refractivity (Wildman–Crippen MR) is 117 cm³/mol. The number of aromatic amines is 1. The van der Waals surface area contributed by atoms with Crippen LogP contribution in [-0.2, 0) is 16.0 Å². The Kier molecular flexibility index (Phi) is 4.48. The number of nitrogens with zero attached hydrogens (tertiary/aromatic N) is 1. The second-order valence-corrected chi connectivity index (χ2v) is 8.26. The van der Waals surface area contributed by atoms with Crippen molar-refractivity contribution >= 4 is 44.9 Å². The Bertz CT molecular complexity index is 1290. The van der Waals surface area contributed by atoms with Crippen LogP contribution in [0.1, 0.15) is 10.4 Å². The van der Waals surface area contributed by atoms with Gasteiger partial charge in [0.2, 0.25) is 5.91 Å². The van der Waals surface area contributed by atoms with Gasteiger partial charge in [-0.1, -0.05) is 18.2 Å². The lowest BCUT2D eigenvalue weighted by Crippen LogP contribution is -2.25. The lowest BCUT2D eigenvalue weighted by atomic mass is 10.1. The maximum atomic E-state index is 12.6. The van der Waals surface area contributed by atoms with Crippen molar-refractivity contribution in [3.05, 3.63) is 59.1 Å². The van der Waals surface area contributed by atoms with Crippen molar-refractivity contribution < 1.29 is 14.3 Å². The summed E-state index contributed by atoms with van der Waals surface area (Å²) in [4.78, 5) is 32.9. The first-order valence-electron chi connectivity index (χ1n) is 9.46. The normalized spacial score (nSPS) is 12.9. The summed E-state index contributed by atoms with van der Waals surface area (Å²) in [5.41, 5.74) is 4.20. The summed E-state index contributed by atoms with van der Waals surface area (Å²) in [5.74, 6) is 0.338. The van der Waals surface area contributed by atoms with Crippen molar-refractivity contribution in [2.75, 3.05) is 17.2 Å².